The lowest BCUT2D eigenvalue weighted by Gasteiger charge is -2.00. The lowest BCUT2D eigenvalue weighted by Crippen LogP contribution is -2.13. The van der Waals surface area contributed by atoms with Crippen LogP contribution in [-0.4, -0.2) is 19.1 Å². The van der Waals surface area contributed by atoms with Gasteiger partial charge in [0, 0.05) is 13.0 Å². The van der Waals surface area contributed by atoms with Crippen molar-refractivity contribution in [3.63, 3.8) is 0 Å². The molecule has 0 unspecified atom stereocenters. The molecular weight excluding hydrogens is 310 g/mol. The zero-order valence-electron chi connectivity index (χ0n) is 16.0. The summed E-state index contributed by atoms with van der Waals surface area (Å²) in [4.78, 5) is 11.2. The highest BCUT2D eigenvalue weighted by atomic mass is 16.5. The van der Waals surface area contributed by atoms with Gasteiger partial charge in [0.25, 0.3) is 0 Å². The molecule has 0 aliphatic rings. The zero-order valence-corrected chi connectivity index (χ0v) is 16.0. The Morgan fingerprint density at radius 1 is 0.800 bits per heavy atom. The number of rotatable bonds is 16. The molecule has 0 rings (SSSR count). The second-order valence-electron chi connectivity index (χ2n) is 5.99. The van der Waals surface area contributed by atoms with E-state index in [2.05, 4.69) is 55.5 Å². The SMILES string of the molecule is CCCCC/C=C\C/C=C\C/C=C/C/C=C\CCCC(=O)OCCN. The average molecular weight is 348 g/mol. The van der Waals surface area contributed by atoms with Gasteiger partial charge in [0.1, 0.15) is 6.61 Å². The van der Waals surface area contributed by atoms with E-state index in [-0.39, 0.29) is 5.97 Å². The lowest BCUT2D eigenvalue weighted by molar-refractivity contribution is -0.143. The van der Waals surface area contributed by atoms with Crippen LogP contribution in [0.4, 0.5) is 0 Å². The predicted molar refractivity (Wildman–Crippen MR) is 108 cm³/mol. The van der Waals surface area contributed by atoms with Gasteiger partial charge in [-0.25, -0.2) is 0 Å². The highest BCUT2D eigenvalue weighted by Crippen LogP contribution is 2.02. The number of hydrogen-bond acceptors (Lipinski definition) is 3. The summed E-state index contributed by atoms with van der Waals surface area (Å²) in [7, 11) is 0. The minimum Gasteiger partial charge on any atom is -0.464 e. The molecule has 0 fully saturated rings. The van der Waals surface area contributed by atoms with Crippen LogP contribution in [0.5, 0.6) is 0 Å². The van der Waals surface area contributed by atoms with E-state index >= 15 is 0 Å². The molecule has 142 valence electrons. The summed E-state index contributed by atoms with van der Waals surface area (Å²) >= 11 is 0. The van der Waals surface area contributed by atoms with Crippen molar-refractivity contribution in [3.8, 4) is 0 Å². The fourth-order valence-electron chi connectivity index (χ4n) is 2.17. The van der Waals surface area contributed by atoms with Crippen molar-refractivity contribution in [1.29, 1.82) is 0 Å². The summed E-state index contributed by atoms with van der Waals surface area (Å²) in [5, 5.41) is 0. The van der Waals surface area contributed by atoms with Crippen LogP contribution in [0.3, 0.4) is 0 Å². The molecule has 0 bridgehead atoms. The molecule has 0 radical (unpaired) electrons. The van der Waals surface area contributed by atoms with Crippen molar-refractivity contribution < 1.29 is 9.53 Å². The van der Waals surface area contributed by atoms with Crippen molar-refractivity contribution >= 4 is 5.97 Å². The lowest BCUT2D eigenvalue weighted by atomic mass is 10.2. The predicted octanol–water partition coefficient (Wildman–Crippen LogP) is 5.63. The maximum atomic E-state index is 11.2. The van der Waals surface area contributed by atoms with Crippen LogP contribution in [-0.2, 0) is 9.53 Å². The molecule has 0 aromatic rings. The molecule has 3 nitrogen and oxygen atoms in total. The standard InChI is InChI=1S/C22H37NO2/c1-2-3-4-5-6-7-8-9-10-11-12-13-14-15-16-17-18-19-22(24)25-21-20-23/h6-7,9-10,12-13,15-16H,2-5,8,11,14,17-21,23H2,1H3/b7-6-,10-9-,13-12+,16-15-. The van der Waals surface area contributed by atoms with Gasteiger partial charge in [-0.1, -0.05) is 68.4 Å². The van der Waals surface area contributed by atoms with E-state index in [1.165, 1.54) is 25.7 Å². The Kier molecular flexibility index (Phi) is 19.1. The van der Waals surface area contributed by atoms with E-state index in [4.69, 9.17) is 10.5 Å². The molecule has 0 amide bonds. The fourth-order valence-corrected chi connectivity index (χ4v) is 2.17. The first-order valence-corrected chi connectivity index (χ1v) is 9.77. The van der Waals surface area contributed by atoms with Gasteiger partial charge in [0.15, 0.2) is 0 Å². The number of carbonyl (C=O) groups excluding carboxylic acids is 1. The molecule has 0 heterocycles. The molecular formula is C22H37NO2. The van der Waals surface area contributed by atoms with Crippen LogP contribution in [0.25, 0.3) is 0 Å². The van der Waals surface area contributed by atoms with Crippen molar-refractivity contribution in [2.75, 3.05) is 13.2 Å². The van der Waals surface area contributed by atoms with Crippen LogP contribution >= 0.6 is 0 Å². The Bertz CT molecular complexity index is 408. The third kappa shape index (κ3) is 20.3. The van der Waals surface area contributed by atoms with Crippen LogP contribution in [0.2, 0.25) is 0 Å². The first-order chi connectivity index (χ1) is 12.3. The first kappa shape index (κ1) is 23.4. The zero-order chi connectivity index (χ0) is 18.4. The van der Waals surface area contributed by atoms with Crippen LogP contribution < -0.4 is 5.73 Å². The number of esters is 1. The Hall–Kier alpha value is -1.61. The maximum Gasteiger partial charge on any atom is 0.305 e. The molecule has 0 aliphatic carbocycles. The van der Waals surface area contributed by atoms with Gasteiger partial charge in [0.05, 0.1) is 0 Å². The Morgan fingerprint density at radius 2 is 1.32 bits per heavy atom. The smallest absolute Gasteiger partial charge is 0.305 e. The first-order valence-electron chi connectivity index (χ1n) is 9.77. The number of carbonyl (C=O) groups is 1. The molecule has 25 heavy (non-hydrogen) atoms. The molecule has 0 aromatic heterocycles. The molecule has 0 saturated carbocycles. The van der Waals surface area contributed by atoms with Gasteiger partial charge >= 0.3 is 5.97 Å². The van der Waals surface area contributed by atoms with Crippen molar-refractivity contribution in [3.05, 3.63) is 48.6 Å². The van der Waals surface area contributed by atoms with E-state index in [1.54, 1.807) is 0 Å². The normalized spacial score (nSPS) is 12.2. The van der Waals surface area contributed by atoms with E-state index < -0.39 is 0 Å². The van der Waals surface area contributed by atoms with Crippen molar-refractivity contribution in [2.45, 2.75) is 71.1 Å². The van der Waals surface area contributed by atoms with Gasteiger partial charge in [-0.05, 0) is 44.9 Å². The largest absolute Gasteiger partial charge is 0.464 e. The monoisotopic (exact) mass is 347 g/mol. The van der Waals surface area contributed by atoms with Gasteiger partial charge in [-0.15, -0.1) is 0 Å². The van der Waals surface area contributed by atoms with Gasteiger partial charge in [-0.2, -0.15) is 0 Å². The van der Waals surface area contributed by atoms with E-state index in [0.717, 1.165) is 32.1 Å². The maximum absolute atomic E-state index is 11.2. The van der Waals surface area contributed by atoms with Crippen LogP contribution in [0.1, 0.15) is 71.1 Å². The van der Waals surface area contributed by atoms with Gasteiger partial charge in [0.2, 0.25) is 0 Å². The summed E-state index contributed by atoms with van der Waals surface area (Å²) < 4.78 is 4.91. The third-order valence-electron chi connectivity index (χ3n) is 3.59. The molecule has 0 aromatic carbocycles. The number of nitrogens with two attached hydrogens (primary N) is 1. The van der Waals surface area contributed by atoms with Gasteiger partial charge < -0.3 is 10.5 Å². The van der Waals surface area contributed by atoms with Crippen molar-refractivity contribution in [2.24, 2.45) is 5.73 Å². The number of unbranched alkanes of at least 4 members (excludes halogenated alkanes) is 4. The number of hydrogen-bond donors (Lipinski definition) is 1. The quantitative estimate of drug-likeness (QED) is 0.223. The van der Waals surface area contributed by atoms with E-state index in [0.29, 0.717) is 19.6 Å². The van der Waals surface area contributed by atoms with Crippen LogP contribution in [0.15, 0.2) is 48.6 Å². The summed E-state index contributed by atoms with van der Waals surface area (Å²) in [5.41, 5.74) is 5.27. The van der Waals surface area contributed by atoms with Crippen molar-refractivity contribution in [1.82, 2.24) is 0 Å². The second-order valence-corrected chi connectivity index (χ2v) is 5.99. The van der Waals surface area contributed by atoms with E-state index in [9.17, 15) is 4.79 Å². The molecule has 2 N–H and O–H groups in total. The second kappa shape index (κ2) is 20.4. The highest BCUT2D eigenvalue weighted by molar-refractivity contribution is 5.69. The topological polar surface area (TPSA) is 52.3 Å². The summed E-state index contributed by atoms with van der Waals surface area (Å²) in [6, 6.07) is 0. The third-order valence-corrected chi connectivity index (χ3v) is 3.59. The average Bonchev–Trinajstić information content (AvgIpc) is 2.62. The molecule has 0 aliphatic heterocycles. The Morgan fingerprint density at radius 3 is 1.84 bits per heavy atom. The summed E-state index contributed by atoms with van der Waals surface area (Å²) in [5.74, 6) is -0.152. The molecule has 3 heteroatoms. The minimum atomic E-state index is -0.152. The Balaban J connectivity index is 3.44. The van der Waals surface area contributed by atoms with Gasteiger partial charge in [-0.3, -0.25) is 4.79 Å². The van der Waals surface area contributed by atoms with E-state index in [1.807, 2.05) is 0 Å². The number of ether oxygens (including phenoxy) is 1. The fraction of sp³-hybridized carbons (Fsp3) is 0.591. The Labute approximate surface area is 154 Å². The molecule has 0 saturated heterocycles. The summed E-state index contributed by atoms with van der Waals surface area (Å²) in [6.45, 7) is 2.95. The minimum absolute atomic E-state index is 0.152. The number of allylic oxidation sites excluding steroid dienone is 8. The molecule has 0 spiro atoms. The highest BCUT2D eigenvalue weighted by Gasteiger charge is 1.99. The molecule has 0 atom stereocenters. The summed E-state index contributed by atoms with van der Waals surface area (Å²) in [6.07, 6.45) is 27.9. The van der Waals surface area contributed by atoms with Crippen LogP contribution in [0, 0.1) is 0 Å².